The van der Waals surface area contributed by atoms with Gasteiger partial charge in [0.2, 0.25) is 0 Å². The first kappa shape index (κ1) is 11.0. The molecule has 1 aliphatic heterocycles. The molecular formula is C11H17NO2S. The summed E-state index contributed by atoms with van der Waals surface area (Å²) >= 11 is 2.01. The molecule has 4 heteroatoms. The summed E-state index contributed by atoms with van der Waals surface area (Å²) in [5, 5.41) is 12.3. The van der Waals surface area contributed by atoms with Crippen LogP contribution in [0.5, 0.6) is 0 Å². The Bertz CT molecular complexity index is 295. The molecule has 2 rings (SSSR count). The predicted octanol–water partition coefficient (Wildman–Crippen LogP) is 1.76. The van der Waals surface area contributed by atoms with Crippen LogP contribution in [0.15, 0.2) is 16.5 Å². The average molecular weight is 227 g/mol. The number of rotatable bonds is 4. The van der Waals surface area contributed by atoms with E-state index in [9.17, 15) is 0 Å². The Labute approximate surface area is 94.2 Å². The second kappa shape index (κ2) is 5.58. The number of furan rings is 1. The highest BCUT2D eigenvalue weighted by Crippen LogP contribution is 2.17. The highest BCUT2D eigenvalue weighted by molar-refractivity contribution is 7.99. The first-order valence-electron chi connectivity index (χ1n) is 5.38. The van der Waals surface area contributed by atoms with Gasteiger partial charge in [-0.15, -0.1) is 0 Å². The summed E-state index contributed by atoms with van der Waals surface area (Å²) in [4.78, 5) is 0. The van der Waals surface area contributed by atoms with E-state index < -0.39 is 0 Å². The molecule has 0 aromatic carbocycles. The molecule has 84 valence electrons. The largest absolute Gasteiger partial charge is 0.462 e. The molecule has 0 saturated carbocycles. The van der Waals surface area contributed by atoms with Crippen molar-refractivity contribution in [3.05, 3.63) is 23.7 Å². The van der Waals surface area contributed by atoms with Gasteiger partial charge < -0.3 is 14.8 Å². The highest BCUT2D eigenvalue weighted by Gasteiger charge is 2.13. The lowest BCUT2D eigenvalue weighted by atomic mass is 10.2. The second-order valence-corrected chi connectivity index (χ2v) is 4.97. The Morgan fingerprint density at radius 1 is 1.47 bits per heavy atom. The standard InChI is InChI=1S/C11H17NO2S/c13-7-11-4-3-10(14-11)6-12-9-2-1-5-15-8-9/h3-4,9,12-13H,1-2,5-8H2/t9-/m1/s1. The fourth-order valence-corrected chi connectivity index (χ4v) is 2.86. The van der Waals surface area contributed by atoms with Gasteiger partial charge in [-0.25, -0.2) is 0 Å². The van der Waals surface area contributed by atoms with Gasteiger partial charge in [-0.1, -0.05) is 0 Å². The number of hydrogen-bond acceptors (Lipinski definition) is 4. The SMILES string of the molecule is OCc1ccc(CN[C@@H]2CCCSC2)o1. The minimum Gasteiger partial charge on any atom is -0.462 e. The van der Waals surface area contributed by atoms with Crippen LogP contribution in [0.3, 0.4) is 0 Å². The Morgan fingerprint density at radius 3 is 3.00 bits per heavy atom. The molecule has 1 atom stereocenters. The smallest absolute Gasteiger partial charge is 0.129 e. The molecule has 15 heavy (non-hydrogen) atoms. The summed E-state index contributed by atoms with van der Waals surface area (Å²) in [6.07, 6.45) is 2.57. The van der Waals surface area contributed by atoms with Crippen LogP contribution in [0.2, 0.25) is 0 Å². The minimum atomic E-state index is -0.0146. The van der Waals surface area contributed by atoms with Crippen molar-refractivity contribution < 1.29 is 9.52 Å². The number of aliphatic hydroxyl groups is 1. The fraction of sp³-hybridized carbons (Fsp3) is 0.636. The van der Waals surface area contributed by atoms with Crippen molar-refractivity contribution in [1.82, 2.24) is 5.32 Å². The van der Waals surface area contributed by atoms with Crippen molar-refractivity contribution in [2.45, 2.75) is 32.0 Å². The van der Waals surface area contributed by atoms with Gasteiger partial charge >= 0.3 is 0 Å². The van der Waals surface area contributed by atoms with E-state index in [4.69, 9.17) is 9.52 Å². The maximum absolute atomic E-state index is 8.85. The number of hydrogen-bond donors (Lipinski definition) is 2. The molecule has 0 bridgehead atoms. The number of aliphatic hydroxyl groups excluding tert-OH is 1. The van der Waals surface area contributed by atoms with E-state index in [-0.39, 0.29) is 6.61 Å². The summed E-state index contributed by atoms with van der Waals surface area (Å²) in [6, 6.07) is 4.37. The molecule has 1 aliphatic rings. The lowest BCUT2D eigenvalue weighted by Gasteiger charge is -2.21. The van der Waals surface area contributed by atoms with Gasteiger partial charge in [0, 0.05) is 11.8 Å². The Balaban J connectivity index is 1.76. The van der Waals surface area contributed by atoms with Crippen LogP contribution >= 0.6 is 11.8 Å². The minimum absolute atomic E-state index is 0.0146. The molecule has 1 aromatic rings. The van der Waals surface area contributed by atoms with Crippen molar-refractivity contribution >= 4 is 11.8 Å². The monoisotopic (exact) mass is 227 g/mol. The predicted molar refractivity (Wildman–Crippen MR) is 61.8 cm³/mol. The van der Waals surface area contributed by atoms with Gasteiger partial charge in [-0.3, -0.25) is 0 Å². The molecule has 0 amide bonds. The van der Waals surface area contributed by atoms with Gasteiger partial charge in [0.15, 0.2) is 0 Å². The molecular weight excluding hydrogens is 210 g/mol. The lowest BCUT2D eigenvalue weighted by Crippen LogP contribution is -2.33. The van der Waals surface area contributed by atoms with E-state index in [0.29, 0.717) is 11.8 Å². The third-order valence-electron chi connectivity index (χ3n) is 2.60. The summed E-state index contributed by atoms with van der Waals surface area (Å²) in [7, 11) is 0. The summed E-state index contributed by atoms with van der Waals surface area (Å²) < 4.78 is 5.40. The average Bonchev–Trinajstić information content (AvgIpc) is 2.76. The molecule has 0 unspecified atom stereocenters. The van der Waals surface area contributed by atoms with E-state index in [1.54, 1.807) is 0 Å². The van der Waals surface area contributed by atoms with Crippen LogP contribution in [0.1, 0.15) is 24.4 Å². The van der Waals surface area contributed by atoms with Crippen LogP contribution in [-0.2, 0) is 13.2 Å². The zero-order valence-corrected chi connectivity index (χ0v) is 9.55. The highest BCUT2D eigenvalue weighted by atomic mass is 32.2. The van der Waals surface area contributed by atoms with E-state index in [0.717, 1.165) is 12.3 Å². The topological polar surface area (TPSA) is 45.4 Å². The van der Waals surface area contributed by atoms with Crippen LogP contribution in [0, 0.1) is 0 Å². The van der Waals surface area contributed by atoms with Crippen LogP contribution in [0.25, 0.3) is 0 Å². The Kier molecular flexibility index (Phi) is 4.11. The van der Waals surface area contributed by atoms with Crippen molar-refractivity contribution in [3.8, 4) is 0 Å². The van der Waals surface area contributed by atoms with Gasteiger partial charge in [0.05, 0.1) is 6.54 Å². The molecule has 1 saturated heterocycles. The van der Waals surface area contributed by atoms with Gasteiger partial charge in [0.1, 0.15) is 18.1 Å². The van der Waals surface area contributed by atoms with Crippen molar-refractivity contribution in [2.75, 3.05) is 11.5 Å². The first-order valence-corrected chi connectivity index (χ1v) is 6.53. The van der Waals surface area contributed by atoms with Crippen molar-refractivity contribution in [2.24, 2.45) is 0 Å². The van der Waals surface area contributed by atoms with Crippen molar-refractivity contribution in [1.29, 1.82) is 0 Å². The van der Waals surface area contributed by atoms with E-state index in [1.807, 2.05) is 23.9 Å². The van der Waals surface area contributed by atoms with E-state index in [2.05, 4.69) is 5.32 Å². The zero-order valence-electron chi connectivity index (χ0n) is 8.74. The molecule has 2 heterocycles. The third-order valence-corrected chi connectivity index (χ3v) is 3.81. The van der Waals surface area contributed by atoms with Gasteiger partial charge in [0.25, 0.3) is 0 Å². The molecule has 3 nitrogen and oxygen atoms in total. The summed E-state index contributed by atoms with van der Waals surface area (Å²) in [5.41, 5.74) is 0. The number of nitrogens with one attached hydrogen (secondary N) is 1. The maximum atomic E-state index is 8.85. The van der Waals surface area contributed by atoms with Gasteiger partial charge in [-0.2, -0.15) is 11.8 Å². The summed E-state index contributed by atoms with van der Waals surface area (Å²) in [5.74, 6) is 4.06. The van der Waals surface area contributed by atoms with Crippen molar-refractivity contribution in [3.63, 3.8) is 0 Å². The Morgan fingerprint density at radius 2 is 2.33 bits per heavy atom. The molecule has 0 spiro atoms. The lowest BCUT2D eigenvalue weighted by molar-refractivity contribution is 0.242. The second-order valence-electron chi connectivity index (χ2n) is 3.82. The van der Waals surface area contributed by atoms with Crippen LogP contribution in [-0.4, -0.2) is 22.7 Å². The molecule has 2 N–H and O–H groups in total. The van der Waals surface area contributed by atoms with E-state index in [1.165, 1.54) is 24.3 Å². The maximum Gasteiger partial charge on any atom is 0.129 e. The molecule has 0 radical (unpaired) electrons. The Hall–Kier alpha value is -0.450. The van der Waals surface area contributed by atoms with Crippen LogP contribution < -0.4 is 5.32 Å². The fourth-order valence-electron chi connectivity index (χ4n) is 1.75. The van der Waals surface area contributed by atoms with Crippen LogP contribution in [0.4, 0.5) is 0 Å². The molecule has 1 aromatic heterocycles. The normalized spacial score (nSPS) is 21.8. The van der Waals surface area contributed by atoms with Gasteiger partial charge in [-0.05, 0) is 30.7 Å². The zero-order chi connectivity index (χ0) is 10.5. The molecule has 0 aliphatic carbocycles. The molecule has 1 fully saturated rings. The summed E-state index contributed by atoms with van der Waals surface area (Å²) in [6.45, 7) is 0.754. The first-order chi connectivity index (χ1) is 7.38. The third kappa shape index (κ3) is 3.26. The van der Waals surface area contributed by atoms with E-state index >= 15 is 0 Å². The number of thioether (sulfide) groups is 1. The quantitative estimate of drug-likeness (QED) is 0.822.